The van der Waals surface area contributed by atoms with Gasteiger partial charge < -0.3 is 0 Å². The predicted octanol–water partition coefficient (Wildman–Crippen LogP) is 3.47. The van der Waals surface area contributed by atoms with E-state index in [4.69, 9.17) is 0 Å². The minimum Gasteiger partial charge on any atom is -0.261 e. The van der Waals surface area contributed by atoms with Crippen molar-refractivity contribution < 1.29 is 0 Å². The largest absolute Gasteiger partial charge is 0.261 e. The van der Waals surface area contributed by atoms with Crippen LogP contribution in [0, 0.1) is 17.8 Å². The highest BCUT2D eigenvalue weighted by molar-refractivity contribution is 5.81. The molecule has 2 nitrogen and oxygen atoms in total. The van der Waals surface area contributed by atoms with Crippen molar-refractivity contribution in [2.45, 2.75) is 18.3 Å². The van der Waals surface area contributed by atoms with Gasteiger partial charge in [0, 0.05) is 17.8 Å². The summed E-state index contributed by atoms with van der Waals surface area (Å²) in [6, 6.07) is 11.0. The van der Waals surface area contributed by atoms with Crippen LogP contribution in [0.4, 0.5) is 0 Å². The van der Waals surface area contributed by atoms with E-state index in [0.29, 0.717) is 0 Å². The maximum absolute atomic E-state index is 4.57. The van der Waals surface area contributed by atoms with Crippen molar-refractivity contribution in [3.05, 3.63) is 66.3 Å². The number of rotatable bonds is 2. The van der Waals surface area contributed by atoms with Crippen LogP contribution in [0.15, 0.2) is 55.0 Å². The van der Waals surface area contributed by atoms with E-state index in [2.05, 4.69) is 46.4 Å². The third-order valence-electron chi connectivity index (χ3n) is 5.60. The lowest BCUT2D eigenvalue weighted by Gasteiger charge is -2.32. The standard InChI is InChI=1S/C18H16N2/c1-2-4-13(5-3-1)18-14-8-12(9-15(14)18)10-16(18)17-11-19-6-7-20-17/h1-7,10-12,14-15H,8-9H2. The summed E-state index contributed by atoms with van der Waals surface area (Å²) >= 11 is 0. The molecule has 0 spiro atoms. The van der Waals surface area contributed by atoms with Crippen LogP contribution >= 0.6 is 0 Å². The monoisotopic (exact) mass is 260 g/mol. The van der Waals surface area contributed by atoms with Crippen LogP contribution < -0.4 is 0 Å². The summed E-state index contributed by atoms with van der Waals surface area (Å²) in [5, 5.41) is 0. The molecule has 2 unspecified atom stereocenters. The summed E-state index contributed by atoms with van der Waals surface area (Å²) in [5.74, 6) is 2.43. The van der Waals surface area contributed by atoms with Crippen molar-refractivity contribution in [1.29, 1.82) is 0 Å². The smallest absolute Gasteiger partial charge is 0.0851 e. The average molecular weight is 260 g/mol. The van der Waals surface area contributed by atoms with Gasteiger partial charge in [-0.15, -0.1) is 0 Å². The minimum atomic E-state index is 0.242. The average Bonchev–Trinajstić information content (AvgIpc) is 3.02. The Bertz CT molecular complexity index is 678. The van der Waals surface area contributed by atoms with E-state index in [1.54, 1.807) is 6.20 Å². The Morgan fingerprint density at radius 3 is 2.50 bits per heavy atom. The minimum absolute atomic E-state index is 0.242. The third-order valence-corrected chi connectivity index (χ3v) is 5.60. The molecule has 98 valence electrons. The number of hydrogen-bond donors (Lipinski definition) is 0. The Morgan fingerprint density at radius 2 is 1.80 bits per heavy atom. The Labute approximate surface area is 118 Å². The molecule has 2 saturated carbocycles. The normalized spacial score (nSPS) is 36.6. The van der Waals surface area contributed by atoms with Crippen LogP contribution in [0.2, 0.25) is 0 Å². The molecule has 1 aromatic carbocycles. The highest BCUT2D eigenvalue weighted by Crippen LogP contribution is 2.77. The molecular weight excluding hydrogens is 244 g/mol. The third kappa shape index (κ3) is 1.16. The molecular formula is C18H16N2. The molecule has 4 bridgehead atoms. The Morgan fingerprint density at radius 1 is 1.00 bits per heavy atom. The Kier molecular flexibility index (Phi) is 1.93. The van der Waals surface area contributed by atoms with Crippen LogP contribution in [0.25, 0.3) is 5.57 Å². The van der Waals surface area contributed by atoms with E-state index in [1.165, 1.54) is 24.0 Å². The summed E-state index contributed by atoms with van der Waals surface area (Å²) in [7, 11) is 0. The number of allylic oxidation sites excluding steroid dienone is 2. The first-order valence-corrected chi connectivity index (χ1v) is 7.45. The van der Waals surface area contributed by atoms with Crippen LogP contribution in [0.1, 0.15) is 24.1 Å². The molecule has 1 aromatic heterocycles. The lowest BCUT2D eigenvalue weighted by molar-refractivity contribution is 0.488. The molecule has 0 N–H and O–H groups in total. The quantitative estimate of drug-likeness (QED) is 0.826. The van der Waals surface area contributed by atoms with Gasteiger partial charge in [0.05, 0.1) is 11.9 Å². The van der Waals surface area contributed by atoms with Crippen LogP contribution in [-0.2, 0) is 5.41 Å². The molecule has 2 fully saturated rings. The van der Waals surface area contributed by atoms with E-state index in [-0.39, 0.29) is 5.41 Å². The molecule has 2 heteroatoms. The van der Waals surface area contributed by atoms with E-state index < -0.39 is 0 Å². The second kappa shape index (κ2) is 3.57. The van der Waals surface area contributed by atoms with Gasteiger partial charge in [0.15, 0.2) is 0 Å². The lowest BCUT2D eigenvalue weighted by Crippen LogP contribution is -2.25. The van der Waals surface area contributed by atoms with Gasteiger partial charge in [0.2, 0.25) is 0 Å². The van der Waals surface area contributed by atoms with Crippen LogP contribution in [0.3, 0.4) is 0 Å². The summed E-state index contributed by atoms with van der Waals surface area (Å²) in [6.07, 6.45) is 10.7. The molecule has 6 rings (SSSR count). The zero-order chi connectivity index (χ0) is 13.2. The first kappa shape index (κ1) is 10.8. The van der Waals surface area contributed by atoms with Gasteiger partial charge >= 0.3 is 0 Å². The van der Waals surface area contributed by atoms with Gasteiger partial charge in [-0.3, -0.25) is 9.97 Å². The fourth-order valence-corrected chi connectivity index (χ4v) is 4.93. The van der Waals surface area contributed by atoms with Crippen molar-refractivity contribution in [1.82, 2.24) is 9.97 Å². The van der Waals surface area contributed by atoms with Gasteiger partial charge in [-0.1, -0.05) is 36.4 Å². The fourth-order valence-electron chi connectivity index (χ4n) is 4.93. The van der Waals surface area contributed by atoms with Gasteiger partial charge in [-0.05, 0) is 41.7 Å². The summed E-state index contributed by atoms with van der Waals surface area (Å²) in [6.45, 7) is 0. The van der Waals surface area contributed by atoms with Crippen molar-refractivity contribution >= 4 is 5.57 Å². The number of nitrogens with zero attached hydrogens (tertiary/aromatic N) is 2. The van der Waals surface area contributed by atoms with E-state index in [9.17, 15) is 0 Å². The molecule has 0 radical (unpaired) electrons. The van der Waals surface area contributed by atoms with Crippen molar-refractivity contribution in [3.8, 4) is 0 Å². The van der Waals surface area contributed by atoms with E-state index in [0.717, 1.165) is 23.4 Å². The molecule has 0 saturated heterocycles. The zero-order valence-electron chi connectivity index (χ0n) is 11.2. The predicted molar refractivity (Wildman–Crippen MR) is 77.8 cm³/mol. The highest BCUT2D eigenvalue weighted by Gasteiger charge is 2.72. The topological polar surface area (TPSA) is 25.8 Å². The molecule has 2 atom stereocenters. The Hall–Kier alpha value is -1.96. The number of aromatic nitrogens is 2. The first-order chi connectivity index (χ1) is 9.90. The van der Waals surface area contributed by atoms with Gasteiger partial charge in [0.1, 0.15) is 0 Å². The van der Waals surface area contributed by atoms with Gasteiger partial charge in [-0.2, -0.15) is 0 Å². The molecule has 0 aliphatic heterocycles. The van der Waals surface area contributed by atoms with Crippen LogP contribution in [0.5, 0.6) is 0 Å². The zero-order valence-corrected chi connectivity index (χ0v) is 11.2. The molecule has 0 amide bonds. The molecule has 1 heterocycles. The summed E-state index contributed by atoms with van der Waals surface area (Å²) in [5.41, 5.74) is 4.24. The van der Waals surface area contributed by atoms with Gasteiger partial charge in [-0.25, -0.2) is 0 Å². The van der Waals surface area contributed by atoms with Crippen LogP contribution in [-0.4, -0.2) is 9.97 Å². The summed E-state index contributed by atoms with van der Waals surface area (Å²) < 4.78 is 0. The van der Waals surface area contributed by atoms with Crippen molar-refractivity contribution in [2.75, 3.05) is 0 Å². The molecule has 4 aliphatic rings. The van der Waals surface area contributed by atoms with Crippen molar-refractivity contribution in [3.63, 3.8) is 0 Å². The number of benzene rings is 1. The highest BCUT2D eigenvalue weighted by atomic mass is 14.8. The first-order valence-electron chi connectivity index (χ1n) is 7.45. The maximum Gasteiger partial charge on any atom is 0.0851 e. The van der Waals surface area contributed by atoms with E-state index in [1.807, 2.05) is 12.4 Å². The lowest BCUT2D eigenvalue weighted by atomic mass is 9.71. The second-order valence-electron chi connectivity index (χ2n) is 6.35. The molecule has 2 aromatic rings. The second-order valence-corrected chi connectivity index (χ2v) is 6.35. The van der Waals surface area contributed by atoms with Crippen molar-refractivity contribution in [2.24, 2.45) is 17.8 Å². The number of hydrogen-bond acceptors (Lipinski definition) is 2. The fraction of sp³-hybridized carbons (Fsp3) is 0.333. The molecule has 20 heavy (non-hydrogen) atoms. The molecule has 4 aliphatic carbocycles. The summed E-state index contributed by atoms with van der Waals surface area (Å²) in [4.78, 5) is 8.85. The SMILES string of the molecule is C1=C(c2cnccn2)C2(c3ccccc3)C3CC1CC32. The van der Waals surface area contributed by atoms with Gasteiger partial charge in [0.25, 0.3) is 0 Å². The van der Waals surface area contributed by atoms with E-state index >= 15 is 0 Å². The maximum atomic E-state index is 4.57. The Balaban J connectivity index is 1.72.